The molecule has 0 aliphatic carbocycles. The quantitative estimate of drug-likeness (QED) is 0.483. The van der Waals surface area contributed by atoms with Gasteiger partial charge in [0.25, 0.3) is 5.91 Å². The summed E-state index contributed by atoms with van der Waals surface area (Å²) in [7, 11) is 0. The van der Waals surface area contributed by atoms with Gasteiger partial charge in [-0.15, -0.1) is 0 Å². The molecule has 0 spiro atoms. The van der Waals surface area contributed by atoms with Gasteiger partial charge >= 0.3 is 0 Å². The van der Waals surface area contributed by atoms with Crippen molar-refractivity contribution >= 4 is 35.5 Å². The number of carbonyl (C=O) groups is 2. The Hall–Kier alpha value is -0.280. The van der Waals surface area contributed by atoms with Crippen molar-refractivity contribution in [2.24, 2.45) is 0 Å². The summed E-state index contributed by atoms with van der Waals surface area (Å²) in [6, 6.07) is 0. The predicted molar refractivity (Wildman–Crippen MR) is 34.3 cm³/mol. The van der Waals surface area contributed by atoms with Crippen molar-refractivity contribution in [3.63, 3.8) is 0 Å². The van der Waals surface area contributed by atoms with Crippen LogP contribution in [-0.4, -0.2) is 16.7 Å². The molecule has 0 unspecified atom stereocenters. The summed E-state index contributed by atoms with van der Waals surface area (Å²) in [4.78, 5) is 20.1. The molecule has 0 bridgehead atoms. The van der Waals surface area contributed by atoms with Crippen LogP contribution in [0.3, 0.4) is 0 Å². The fourth-order valence-corrected chi connectivity index (χ4v) is 0.289. The highest BCUT2D eigenvalue weighted by Crippen LogP contribution is 2.18. The second-order valence-corrected chi connectivity index (χ2v) is 3.19. The highest BCUT2D eigenvalue weighted by atomic mass is 35.5. The van der Waals surface area contributed by atoms with Crippen LogP contribution in [0.25, 0.3) is 0 Å². The molecule has 0 aromatic carbocycles. The molecule has 1 N–H and O–H groups in total. The molecule has 0 rings (SSSR count). The van der Waals surface area contributed by atoms with E-state index in [4.69, 9.17) is 23.2 Å². The van der Waals surface area contributed by atoms with E-state index in [0.29, 0.717) is 0 Å². The normalized spacial score (nSPS) is 10.6. The summed E-state index contributed by atoms with van der Waals surface area (Å²) < 4.78 is -1.53. The van der Waals surface area contributed by atoms with Crippen molar-refractivity contribution < 1.29 is 9.59 Å². The summed E-state index contributed by atoms with van der Waals surface area (Å²) >= 11 is 10.5. The maximum absolute atomic E-state index is 10.5. The summed E-state index contributed by atoms with van der Waals surface area (Å²) in [6.45, 7) is 1.27. The molecular weight excluding hydrogens is 165 g/mol. The standard InChI is InChI=1S/C4H5Cl2NO2/c1-4(5,6)3(9)7-2-8/h2H,1H3,(H,7,8,9). The number of hydrogen-bond donors (Lipinski definition) is 1. The monoisotopic (exact) mass is 169 g/mol. The largest absolute Gasteiger partial charge is 0.296 e. The summed E-state index contributed by atoms with van der Waals surface area (Å²) in [5.74, 6) is -0.721. The second kappa shape index (κ2) is 3.03. The number of imide groups is 1. The minimum absolute atomic E-state index is 0.228. The highest BCUT2D eigenvalue weighted by molar-refractivity contribution is 6.58. The first-order valence-electron chi connectivity index (χ1n) is 2.11. The topological polar surface area (TPSA) is 46.2 Å². The van der Waals surface area contributed by atoms with Gasteiger partial charge in [0.05, 0.1) is 0 Å². The number of halogens is 2. The van der Waals surface area contributed by atoms with Crippen LogP contribution in [0.15, 0.2) is 0 Å². The van der Waals surface area contributed by atoms with Crippen LogP contribution >= 0.6 is 23.2 Å². The average Bonchev–Trinajstić information content (AvgIpc) is 1.64. The molecule has 0 aliphatic heterocycles. The first-order valence-corrected chi connectivity index (χ1v) is 2.86. The Morgan fingerprint density at radius 1 is 1.67 bits per heavy atom. The fourth-order valence-electron chi connectivity index (χ4n) is 0.180. The van der Waals surface area contributed by atoms with Gasteiger partial charge < -0.3 is 0 Å². The van der Waals surface area contributed by atoms with E-state index in [2.05, 4.69) is 0 Å². The van der Waals surface area contributed by atoms with E-state index in [1.54, 1.807) is 5.32 Å². The Kier molecular flexibility index (Phi) is 2.94. The van der Waals surface area contributed by atoms with Crippen LogP contribution in [0.4, 0.5) is 0 Å². The third kappa shape index (κ3) is 3.32. The molecule has 3 nitrogen and oxygen atoms in total. The molecule has 0 aromatic heterocycles. The third-order valence-corrected chi connectivity index (χ3v) is 0.932. The minimum Gasteiger partial charge on any atom is -0.296 e. The van der Waals surface area contributed by atoms with Gasteiger partial charge in [0.1, 0.15) is 0 Å². The molecule has 0 radical (unpaired) electrons. The molecule has 0 atom stereocenters. The Morgan fingerprint density at radius 3 is 2.22 bits per heavy atom. The van der Waals surface area contributed by atoms with E-state index < -0.39 is 10.2 Å². The maximum Gasteiger partial charge on any atom is 0.262 e. The van der Waals surface area contributed by atoms with Crippen molar-refractivity contribution in [1.82, 2.24) is 5.32 Å². The van der Waals surface area contributed by atoms with Gasteiger partial charge in [-0.1, -0.05) is 23.2 Å². The molecule has 0 aliphatic rings. The van der Waals surface area contributed by atoms with Gasteiger partial charge in [-0.2, -0.15) is 0 Å². The van der Waals surface area contributed by atoms with Gasteiger partial charge in [0, 0.05) is 0 Å². The first kappa shape index (κ1) is 8.72. The van der Waals surface area contributed by atoms with Gasteiger partial charge in [0.2, 0.25) is 6.41 Å². The average molecular weight is 170 g/mol. The lowest BCUT2D eigenvalue weighted by Gasteiger charge is -2.08. The van der Waals surface area contributed by atoms with E-state index in [9.17, 15) is 9.59 Å². The molecule has 5 heteroatoms. The molecule has 0 saturated heterocycles. The van der Waals surface area contributed by atoms with Crippen molar-refractivity contribution in [3.8, 4) is 0 Å². The van der Waals surface area contributed by atoms with Crippen molar-refractivity contribution in [1.29, 1.82) is 0 Å². The molecule has 52 valence electrons. The van der Waals surface area contributed by atoms with Crippen LogP contribution in [-0.2, 0) is 9.59 Å². The molecule has 0 saturated carbocycles. The Bertz CT molecular complexity index is 129. The molecule has 2 amide bonds. The predicted octanol–water partition coefficient (Wildman–Crippen LogP) is 0.453. The number of amides is 2. The summed E-state index contributed by atoms with van der Waals surface area (Å²) in [6.07, 6.45) is 0.228. The lowest BCUT2D eigenvalue weighted by Crippen LogP contribution is -2.35. The van der Waals surface area contributed by atoms with E-state index in [-0.39, 0.29) is 6.41 Å². The zero-order valence-corrected chi connectivity index (χ0v) is 6.16. The van der Waals surface area contributed by atoms with Crippen LogP contribution < -0.4 is 5.32 Å². The molecule has 0 aromatic rings. The summed E-state index contributed by atoms with van der Waals surface area (Å²) in [5, 5.41) is 1.80. The smallest absolute Gasteiger partial charge is 0.262 e. The lowest BCUT2D eigenvalue weighted by molar-refractivity contribution is -0.125. The summed E-state index contributed by atoms with van der Waals surface area (Å²) in [5.41, 5.74) is 0. The van der Waals surface area contributed by atoms with E-state index in [1.807, 2.05) is 0 Å². The van der Waals surface area contributed by atoms with E-state index >= 15 is 0 Å². The van der Waals surface area contributed by atoms with Gasteiger partial charge in [-0.05, 0) is 6.92 Å². The van der Waals surface area contributed by atoms with Crippen LogP contribution in [0.1, 0.15) is 6.92 Å². The number of hydrogen-bond acceptors (Lipinski definition) is 2. The van der Waals surface area contributed by atoms with Gasteiger partial charge in [-0.3, -0.25) is 14.9 Å². The van der Waals surface area contributed by atoms with Crippen molar-refractivity contribution in [2.75, 3.05) is 0 Å². The number of nitrogens with one attached hydrogen (secondary N) is 1. The SMILES string of the molecule is CC(Cl)(Cl)C(=O)NC=O. The van der Waals surface area contributed by atoms with Gasteiger partial charge in [-0.25, -0.2) is 0 Å². The van der Waals surface area contributed by atoms with Crippen molar-refractivity contribution in [2.45, 2.75) is 11.3 Å². The van der Waals surface area contributed by atoms with E-state index in [1.165, 1.54) is 6.92 Å². The highest BCUT2D eigenvalue weighted by Gasteiger charge is 2.26. The number of carbonyl (C=O) groups excluding carboxylic acids is 2. The van der Waals surface area contributed by atoms with Crippen LogP contribution in [0.2, 0.25) is 0 Å². The zero-order chi connectivity index (χ0) is 7.49. The lowest BCUT2D eigenvalue weighted by atomic mass is 10.4. The Balaban J connectivity index is 3.88. The number of rotatable bonds is 2. The third-order valence-electron chi connectivity index (χ3n) is 0.589. The first-order chi connectivity index (χ1) is 3.98. The second-order valence-electron chi connectivity index (χ2n) is 1.48. The van der Waals surface area contributed by atoms with Crippen LogP contribution in [0, 0.1) is 0 Å². The van der Waals surface area contributed by atoms with Crippen molar-refractivity contribution in [3.05, 3.63) is 0 Å². The molecule has 0 heterocycles. The fraction of sp³-hybridized carbons (Fsp3) is 0.500. The van der Waals surface area contributed by atoms with Crippen LogP contribution in [0.5, 0.6) is 0 Å². The minimum atomic E-state index is -1.53. The molecule has 0 fully saturated rings. The maximum atomic E-state index is 10.5. The number of alkyl halides is 2. The molecule has 9 heavy (non-hydrogen) atoms. The zero-order valence-electron chi connectivity index (χ0n) is 4.65. The van der Waals surface area contributed by atoms with E-state index in [0.717, 1.165) is 0 Å². The Labute approximate surface area is 62.3 Å². The molecular formula is C4H5Cl2NO2. The van der Waals surface area contributed by atoms with Gasteiger partial charge in [0.15, 0.2) is 4.33 Å². The Morgan fingerprint density at radius 2 is 2.11 bits per heavy atom.